The van der Waals surface area contributed by atoms with Crippen LogP contribution in [0.15, 0.2) is 121 Å². The van der Waals surface area contributed by atoms with E-state index in [4.69, 9.17) is 9.90 Å². The molecular formula is C33H36N4O2. The lowest BCUT2D eigenvalue weighted by Gasteiger charge is -2.31. The van der Waals surface area contributed by atoms with Crippen LogP contribution >= 0.6 is 0 Å². The minimum absolute atomic E-state index is 0.192. The molecule has 0 aromatic heterocycles. The average molecular weight is 521 g/mol. The van der Waals surface area contributed by atoms with Crippen LogP contribution in [0, 0.1) is 0 Å². The Labute approximate surface area is 231 Å². The van der Waals surface area contributed by atoms with E-state index in [1.165, 1.54) is 22.3 Å². The maximum Gasteiger partial charge on any atom is 0.201 e. The normalized spacial score (nSPS) is 14.9. The standard InChI is InChI=1S/C32H35N4.CH2O2/c1-5-13-28(14-6-1)21-33-26-35(23-30-17-9-3-10-18-30)32-25-34(22-29-15-7-2-8-16-29)27-36(32)24-31-19-11-4-12-20-31;2-1-3/h1-20,25,32-33H,21-24,26-27H2;1H,(H,2,3)/q+1;/p-1. The Morgan fingerprint density at radius 1 is 0.769 bits per heavy atom. The molecule has 39 heavy (non-hydrogen) atoms. The quantitative estimate of drug-likeness (QED) is 0.186. The third kappa shape index (κ3) is 9.00. The van der Waals surface area contributed by atoms with Crippen molar-refractivity contribution in [1.29, 1.82) is 0 Å². The van der Waals surface area contributed by atoms with Crippen LogP contribution in [-0.2, 0) is 31.0 Å². The first-order valence-corrected chi connectivity index (χ1v) is 13.2. The maximum absolute atomic E-state index is 8.25. The van der Waals surface area contributed by atoms with Crippen molar-refractivity contribution in [2.45, 2.75) is 32.3 Å². The van der Waals surface area contributed by atoms with Gasteiger partial charge in [-0.15, -0.1) is 0 Å². The third-order valence-corrected chi connectivity index (χ3v) is 6.63. The number of hydrogen-bond acceptors (Lipinski definition) is 5. The van der Waals surface area contributed by atoms with E-state index in [1.807, 2.05) is 0 Å². The molecule has 1 atom stereocenters. The van der Waals surface area contributed by atoms with E-state index in [1.54, 1.807) is 0 Å². The van der Waals surface area contributed by atoms with Crippen molar-refractivity contribution in [3.05, 3.63) is 144 Å². The van der Waals surface area contributed by atoms with Crippen molar-refractivity contribution >= 4 is 12.7 Å². The Morgan fingerprint density at radius 2 is 1.26 bits per heavy atom. The number of benzene rings is 4. The zero-order chi connectivity index (χ0) is 27.1. The van der Waals surface area contributed by atoms with Gasteiger partial charge in [-0.1, -0.05) is 121 Å². The molecule has 0 fully saturated rings. The molecule has 1 aliphatic rings. The van der Waals surface area contributed by atoms with E-state index in [0.717, 1.165) is 39.5 Å². The molecule has 1 N–H and O–H groups in total. The van der Waals surface area contributed by atoms with Gasteiger partial charge < -0.3 is 15.2 Å². The lowest BCUT2D eigenvalue weighted by Crippen LogP contribution is -2.49. The Morgan fingerprint density at radius 3 is 1.82 bits per heavy atom. The number of carboxylic acid groups (broad SMARTS) is 1. The fraction of sp³-hybridized carbons (Fsp3) is 0.212. The van der Waals surface area contributed by atoms with Crippen molar-refractivity contribution in [2.24, 2.45) is 0 Å². The molecule has 0 spiro atoms. The van der Waals surface area contributed by atoms with Gasteiger partial charge in [0.25, 0.3) is 0 Å². The van der Waals surface area contributed by atoms with Gasteiger partial charge in [0.2, 0.25) is 6.67 Å². The van der Waals surface area contributed by atoms with Gasteiger partial charge in [0, 0.05) is 31.7 Å². The summed E-state index contributed by atoms with van der Waals surface area (Å²) in [5.41, 5.74) is 5.31. The Kier molecular flexibility index (Phi) is 11.0. The molecule has 4 aromatic carbocycles. The number of carbonyl (C=O) groups excluding carboxylic acids is 1. The molecule has 0 saturated heterocycles. The molecule has 0 amide bonds. The van der Waals surface area contributed by atoms with Crippen molar-refractivity contribution in [3.63, 3.8) is 0 Å². The smallest absolute Gasteiger partial charge is 0.201 e. The lowest BCUT2D eigenvalue weighted by molar-refractivity contribution is -0.548. The van der Waals surface area contributed by atoms with Crippen LogP contribution in [0.1, 0.15) is 22.3 Å². The van der Waals surface area contributed by atoms with Crippen LogP contribution in [0.25, 0.3) is 0 Å². The summed E-state index contributed by atoms with van der Waals surface area (Å²) in [6, 6.07) is 43.0. The summed E-state index contributed by atoms with van der Waals surface area (Å²) in [6.07, 6.45) is 2.61. The van der Waals surface area contributed by atoms with Crippen molar-refractivity contribution in [3.8, 4) is 0 Å². The van der Waals surface area contributed by atoms with Gasteiger partial charge in [-0.05, 0) is 16.7 Å². The predicted molar refractivity (Wildman–Crippen MR) is 153 cm³/mol. The molecule has 6 heteroatoms. The van der Waals surface area contributed by atoms with Crippen LogP contribution in [0.3, 0.4) is 0 Å². The van der Waals surface area contributed by atoms with Crippen LogP contribution < -0.4 is 10.4 Å². The van der Waals surface area contributed by atoms with Gasteiger partial charge in [0.05, 0.1) is 6.67 Å². The van der Waals surface area contributed by atoms with Gasteiger partial charge in [-0.3, -0.25) is 4.90 Å². The second-order valence-electron chi connectivity index (χ2n) is 9.57. The van der Waals surface area contributed by atoms with E-state index < -0.39 is 6.47 Å². The summed E-state index contributed by atoms with van der Waals surface area (Å²) in [4.78, 5) is 13.4. The summed E-state index contributed by atoms with van der Waals surface area (Å²) >= 11 is 0. The molecule has 200 valence electrons. The first kappa shape index (κ1) is 27.9. The monoisotopic (exact) mass is 520 g/mol. The minimum Gasteiger partial charge on any atom is -0.554 e. The first-order valence-electron chi connectivity index (χ1n) is 13.2. The highest BCUT2D eigenvalue weighted by atomic mass is 16.3. The van der Waals surface area contributed by atoms with Crippen LogP contribution in [0.5, 0.6) is 0 Å². The van der Waals surface area contributed by atoms with Gasteiger partial charge in [0.15, 0.2) is 12.8 Å². The fourth-order valence-electron chi connectivity index (χ4n) is 4.85. The highest BCUT2D eigenvalue weighted by molar-refractivity contribution is 5.60. The molecule has 6 nitrogen and oxygen atoms in total. The SMILES string of the molecule is C1=[N+](Cc2ccccc2)CN(Cc2ccccc2)C1N(CNCc1ccccc1)Cc1ccccc1.O=C[O-]. The topological polar surface area (TPSA) is 61.7 Å². The number of rotatable bonds is 11. The van der Waals surface area contributed by atoms with Gasteiger partial charge >= 0.3 is 0 Å². The molecule has 4 aromatic rings. The Bertz CT molecular complexity index is 1270. The summed E-state index contributed by atoms with van der Waals surface area (Å²) in [5, 5.41) is 12.0. The summed E-state index contributed by atoms with van der Waals surface area (Å²) in [5.74, 6) is 0. The van der Waals surface area contributed by atoms with Crippen molar-refractivity contribution in [1.82, 2.24) is 15.1 Å². The Hall–Kier alpha value is -4.10. The van der Waals surface area contributed by atoms with Gasteiger partial charge in [-0.2, -0.15) is 0 Å². The Balaban J connectivity index is 0.00000112. The van der Waals surface area contributed by atoms with E-state index >= 15 is 0 Å². The minimum atomic E-state index is -0.500. The molecule has 5 rings (SSSR count). The molecule has 1 heterocycles. The second-order valence-corrected chi connectivity index (χ2v) is 9.57. The number of hydrogen-bond donors (Lipinski definition) is 1. The van der Waals surface area contributed by atoms with E-state index in [9.17, 15) is 0 Å². The lowest BCUT2D eigenvalue weighted by atomic mass is 10.2. The highest BCUT2D eigenvalue weighted by Crippen LogP contribution is 2.18. The number of nitrogens with one attached hydrogen (secondary N) is 1. The van der Waals surface area contributed by atoms with Crippen LogP contribution in [0.2, 0.25) is 0 Å². The summed E-state index contributed by atoms with van der Waals surface area (Å²) in [6.45, 7) is 4.77. The largest absolute Gasteiger partial charge is 0.554 e. The van der Waals surface area contributed by atoms with Crippen LogP contribution in [0.4, 0.5) is 0 Å². The summed E-state index contributed by atoms with van der Waals surface area (Å²) in [7, 11) is 0. The van der Waals surface area contributed by atoms with E-state index in [0.29, 0.717) is 0 Å². The molecular weight excluding hydrogens is 484 g/mol. The first-order chi connectivity index (χ1) is 19.2. The zero-order valence-electron chi connectivity index (χ0n) is 22.2. The fourth-order valence-corrected chi connectivity index (χ4v) is 4.85. The van der Waals surface area contributed by atoms with Gasteiger partial charge in [0.1, 0.15) is 6.17 Å². The third-order valence-electron chi connectivity index (χ3n) is 6.63. The van der Waals surface area contributed by atoms with E-state index in [2.05, 4.69) is 147 Å². The molecule has 1 unspecified atom stereocenters. The summed E-state index contributed by atoms with van der Waals surface area (Å²) < 4.78 is 2.46. The predicted octanol–water partition coefficient (Wildman–Crippen LogP) is 3.68. The average Bonchev–Trinajstić information content (AvgIpc) is 3.36. The van der Waals surface area contributed by atoms with Crippen molar-refractivity contribution in [2.75, 3.05) is 13.3 Å². The molecule has 0 saturated carbocycles. The number of nitrogens with zero attached hydrogens (tertiary/aromatic N) is 3. The van der Waals surface area contributed by atoms with Crippen LogP contribution in [-0.4, -0.2) is 46.6 Å². The molecule has 1 aliphatic heterocycles. The molecule has 0 bridgehead atoms. The maximum atomic E-state index is 8.25. The van der Waals surface area contributed by atoms with Crippen molar-refractivity contribution < 1.29 is 14.5 Å². The van der Waals surface area contributed by atoms with Gasteiger partial charge in [-0.25, -0.2) is 9.48 Å². The second kappa shape index (κ2) is 15.3. The zero-order valence-corrected chi connectivity index (χ0v) is 22.2. The van der Waals surface area contributed by atoms with E-state index in [-0.39, 0.29) is 6.17 Å². The number of carbonyl (C=O) groups is 1. The highest BCUT2D eigenvalue weighted by Gasteiger charge is 2.35. The molecule has 0 aliphatic carbocycles. The molecule has 0 radical (unpaired) electrons.